The van der Waals surface area contributed by atoms with Gasteiger partial charge in [0.05, 0.1) is 6.04 Å². The van der Waals surface area contributed by atoms with Gasteiger partial charge in [-0.05, 0) is 19.3 Å². The van der Waals surface area contributed by atoms with Crippen LogP contribution >= 0.6 is 0 Å². The number of rotatable bonds is 5. The normalized spacial score (nSPS) is 28.2. The molecular formula is C11H22N2O. The van der Waals surface area contributed by atoms with Crippen LogP contribution in [0.5, 0.6) is 0 Å². The Kier molecular flexibility index (Phi) is 4.55. The van der Waals surface area contributed by atoms with Crippen LogP contribution in [0.15, 0.2) is 0 Å². The van der Waals surface area contributed by atoms with Crippen molar-refractivity contribution >= 4 is 5.78 Å². The van der Waals surface area contributed by atoms with Crippen molar-refractivity contribution in [2.45, 2.75) is 58.0 Å². The van der Waals surface area contributed by atoms with Crippen molar-refractivity contribution in [2.75, 3.05) is 7.05 Å². The molecule has 2 atom stereocenters. The van der Waals surface area contributed by atoms with Gasteiger partial charge in [-0.2, -0.15) is 0 Å². The smallest absolute Gasteiger partial charge is 0.151 e. The molecule has 1 N–H and O–H groups in total. The van der Waals surface area contributed by atoms with E-state index < -0.39 is 0 Å². The maximum Gasteiger partial charge on any atom is 0.151 e. The minimum absolute atomic E-state index is 0.0801. The predicted molar refractivity (Wildman–Crippen MR) is 57.9 cm³/mol. The second-order valence-electron chi connectivity index (χ2n) is 4.19. The van der Waals surface area contributed by atoms with E-state index in [0.29, 0.717) is 18.2 Å². The van der Waals surface area contributed by atoms with Gasteiger partial charge in [0.1, 0.15) is 0 Å². The van der Waals surface area contributed by atoms with Crippen molar-refractivity contribution in [2.24, 2.45) is 0 Å². The number of hydrazine groups is 1. The molecule has 0 aromatic carbocycles. The van der Waals surface area contributed by atoms with Gasteiger partial charge < -0.3 is 0 Å². The minimum atomic E-state index is 0.0801. The van der Waals surface area contributed by atoms with E-state index in [9.17, 15) is 4.79 Å². The highest BCUT2D eigenvalue weighted by Crippen LogP contribution is 2.18. The Hall–Kier alpha value is -0.410. The maximum atomic E-state index is 11.7. The molecule has 0 amide bonds. The summed E-state index contributed by atoms with van der Waals surface area (Å²) in [6, 6.07) is 0.627. The SMILES string of the molecule is CCCC(=O)C1CC(CCC)N(C)N1. The Balaban J connectivity index is 2.41. The van der Waals surface area contributed by atoms with Crippen LogP contribution in [0.3, 0.4) is 0 Å². The molecule has 1 aliphatic rings. The van der Waals surface area contributed by atoms with Gasteiger partial charge in [-0.3, -0.25) is 4.79 Å². The van der Waals surface area contributed by atoms with E-state index in [2.05, 4.69) is 24.3 Å². The van der Waals surface area contributed by atoms with Crippen LogP contribution in [0, 0.1) is 0 Å². The lowest BCUT2D eigenvalue weighted by molar-refractivity contribution is -0.121. The molecule has 14 heavy (non-hydrogen) atoms. The zero-order valence-electron chi connectivity index (χ0n) is 9.55. The lowest BCUT2D eigenvalue weighted by Crippen LogP contribution is -2.38. The monoisotopic (exact) mass is 198 g/mol. The Bertz CT molecular complexity index is 194. The van der Waals surface area contributed by atoms with Crippen LogP contribution in [0.4, 0.5) is 0 Å². The van der Waals surface area contributed by atoms with Crippen molar-refractivity contribution in [3.05, 3.63) is 0 Å². The molecule has 0 aromatic rings. The summed E-state index contributed by atoms with van der Waals surface area (Å²) < 4.78 is 0. The van der Waals surface area contributed by atoms with E-state index in [4.69, 9.17) is 0 Å². The van der Waals surface area contributed by atoms with Crippen LogP contribution in [0.1, 0.15) is 46.0 Å². The van der Waals surface area contributed by atoms with Crippen LogP contribution in [0.25, 0.3) is 0 Å². The summed E-state index contributed by atoms with van der Waals surface area (Å²) in [6.45, 7) is 4.25. The van der Waals surface area contributed by atoms with Crippen molar-refractivity contribution < 1.29 is 4.79 Å². The van der Waals surface area contributed by atoms with Gasteiger partial charge in [-0.1, -0.05) is 20.3 Å². The first-order valence-electron chi connectivity index (χ1n) is 5.70. The minimum Gasteiger partial charge on any atom is -0.298 e. The molecule has 0 radical (unpaired) electrons. The number of Topliss-reactive ketones (excluding diaryl/α,β-unsaturated/α-hetero) is 1. The largest absolute Gasteiger partial charge is 0.298 e. The molecule has 0 aliphatic carbocycles. The van der Waals surface area contributed by atoms with E-state index in [1.807, 2.05) is 7.05 Å². The average molecular weight is 198 g/mol. The van der Waals surface area contributed by atoms with Crippen LogP contribution in [-0.2, 0) is 4.79 Å². The number of nitrogens with zero attached hydrogens (tertiary/aromatic N) is 1. The van der Waals surface area contributed by atoms with Gasteiger partial charge in [0.25, 0.3) is 0 Å². The van der Waals surface area contributed by atoms with Crippen LogP contribution in [0.2, 0.25) is 0 Å². The lowest BCUT2D eigenvalue weighted by atomic mass is 10.0. The van der Waals surface area contributed by atoms with Crippen molar-refractivity contribution in [3.63, 3.8) is 0 Å². The second kappa shape index (κ2) is 5.47. The number of hydrogen-bond donors (Lipinski definition) is 1. The third-order valence-corrected chi connectivity index (χ3v) is 2.92. The number of carbonyl (C=O) groups is 1. The fraction of sp³-hybridized carbons (Fsp3) is 0.909. The van der Waals surface area contributed by atoms with Crippen molar-refractivity contribution in [1.29, 1.82) is 0 Å². The molecule has 0 aromatic heterocycles. The predicted octanol–water partition coefficient (Wildman–Crippen LogP) is 1.73. The summed E-state index contributed by atoms with van der Waals surface area (Å²) in [7, 11) is 2.04. The first-order chi connectivity index (χ1) is 6.69. The first-order valence-corrected chi connectivity index (χ1v) is 5.70. The molecule has 0 spiro atoms. The second-order valence-corrected chi connectivity index (χ2v) is 4.19. The van der Waals surface area contributed by atoms with Gasteiger partial charge in [-0.25, -0.2) is 10.4 Å². The highest BCUT2D eigenvalue weighted by Gasteiger charge is 2.31. The zero-order valence-corrected chi connectivity index (χ0v) is 9.55. The topological polar surface area (TPSA) is 32.3 Å². The van der Waals surface area contributed by atoms with Gasteiger partial charge in [-0.15, -0.1) is 0 Å². The number of ketones is 1. The summed E-state index contributed by atoms with van der Waals surface area (Å²) in [5.74, 6) is 0.373. The molecule has 0 saturated carbocycles. The Morgan fingerprint density at radius 2 is 2.14 bits per heavy atom. The van der Waals surface area contributed by atoms with Gasteiger partial charge >= 0.3 is 0 Å². The molecule has 1 saturated heterocycles. The average Bonchev–Trinajstić information content (AvgIpc) is 2.49. The quantitative estimate of drug-likeness (QED) is 0.730. The lowest BCUT2D eigenvalue weighted by Gasteiger charge is -2.17. The summed E-state index contributed by atoms with van der Waals surface area (Å²) in [6.07, 6.45) is 5.03. The third-order valence-electron chi connectivity index (χ3n) is 2.92. The van der Waals surface area contributed by atoms with E-state index in [1.165, 1.54) is 12.8 Å². The third kappa shape index (κ3) is 2.79. The van der Waals surface area contributed by atoms with Gasteiger partial charge in [0, 0.05) is 19.5 Å². The van der Waals surface area contributed by atoms with Crippen molar-refractivity contribution in [3.8, 4) is 0 Å². The number of nitrogens with one attached hydrogen (secondary N) is 1. The van der Waals surface area contributed by atoms with E-state index in [0.717, 1.165) is 12.8 Å². The fourth-order valence-corrected chi connectivity index (χ4v) is 2.10. The highest BCUT2D eigenvalue weighted by molar-refractivity contribution is 5.84. The van der Waals surface area contributed by atoms with Crippen molar-refractivity contribution in [1.82, 2.24) is 10.4 Å². The fourth-order valence-electron chi connectivity index (χ4n) is 2.10. The highest BCUT2D eigenvalue weighted by atomic mass is 16.1. The summed E-state index contributed by atoms with van der Waals surface area (Å²) in [4.78, 5) is 11.7. The summed E-state index contributed by atoms with van der Waals surface area (Å²) in [5, 5.41) is 2.11. The van der Waals surface area contributed by atoms with E-state index in [1.54, 1.807) is 0 Å². The Morgan fingerprint density at radius 3 is 2.71 bits per heavy atom. The summed E-state index contributed by atoms with van der Waals surface area (Å²) >= 11 is 0. The zero-order chi connectivity index (χ0) is 10.6. The Morgan fingerprint density at radius 1 is 1.43 bits per heavy atom. The number of hydrogen-bond acceptors (Lipinski definition) is 3. The van der Waals surface area contributed by atoms with Crippen LogP contribution in [-0.4, -0.2) is 29.9 Å². The first kappa shape index (κ1) is 11.7. The molecule has 1 aliphatic heterocycles. The molecule has 1 fully saturated rings. The molecular weight excluding hydrogens is 176 g/mol. The Labute approximate surface area is 86.8 Å². The van der Waals surface area contributed by atoms with E-state index >= 15 is 0 Å². The molecule has 2 unspecified atom stereocenters. The van der Waals surface area contributed by atoms with Gasteiger partial charge in [0.15, 0.2) is 5.78 Å². The molecule has 82 valence electrons. The van der Waals surface area contributed by atoms with Crippen LogP contribution < -0.4 is 5.43 Å². The van der Waals surface area contributed by atoms with E-state index in [-0.39, 0.29) is 6.04 Å². The van der Waals surface area contributed by atoms with Gasteiger partial charge in [0.2, 0.25) is 0 Å². The molecule has 0 bridgehead atoms. The summed E-state index contributed by atoms with van der Waals surface area (Å²) in [5.41, 5.74) is 3.26. The molecule has 1 rings (SSSR count). The molecule has 1 heterocycles. The molecule has 3 heteroatoms. The standard InChI is InChI=1S/C11H22N2O/c1-4-6-9-8-10(12-13(9)3)11(14)7-5-2/h9-10,12H,4-8H2,1-3H3. The number of carbonyl (C=O) groups excluding carboxylic acids is 1. The maximum absolute atomic E-state index is 11.7. The molecule has 3 nitrogen and oxygen atoms in total.